The third-order valence-corrected chi connectivity index (χ3v) is 7.42. The minimum Gasteiger partial charge on any atom is -0.330 e. The number of aromatic nitrogens is 4. The molecule has 6 nitrogen and oxygen atoms in total. The van der Waals surface area contributed by atoms with Gasteiger partial charge in [-0.1, -0.05) is 15.9 Å². The summed E-state index contributed by atoms with van der Waals surface area (Å²) in [6.45, 7) is 2.40. The number of carbonyl (C=O) groups excluding carboxylic acids is 1. The van der Waals surface area contributed by atoms with E-state index in [1.807, 2.05) is 18.7 Å². The summed E-state index contributed by atoms with van der Waals surface area (Å²) in [5, 5.41) is 8.72. The Hall–Kier alpha value is -2.62. The molecule has 2 aliphatic rings. The molecule has 3 aromatic rings. The zero-order valence-corrected chi connectivity index (χ0v) is 20.7. The lowest BCUT2D eigenvalue weighted by Gasteiger charge is -2.34. The number of fused-ring (bicyclic) bond motifs is 1. The van der Waals surface area contributed by atoms with Crippen LogP contribution in [0, 0.1) is 0 Å². The zero-order chi connectivity index (χ0) is 24.4. The topological polar surface area (TPSA) is 56.0 Å². The van der Waals surface area contributed by atoms with Crippen molar-refractivity contribution in [1.82, 2.24) is 24.5 Å². The first-order valence-electron chi connectivity index (χ1n) is 11.3. The Bertz CT molecular complexity index is 1270. The summed E-state index contributed by atoms with van der Waals surface area (Å²) in [5.74, 6) is 0.334. The molecular weight excluding hydrogens is 511 g/mol. The molecule has 1 atom stereocenters. The number of benzene rings is 1. The lowest BCUT2D eigenvalue weighted by atomic mass is 9.88. The smallest absolute Gasteiger partial charge is 0.330 e. The molecule has 1 fully saturated rings. The van der Waals surface area contributed by atoms with Crippen LogP contribution in [0.2, 0.25) is 0 Å². The molecule has 10 heteroatoms. The molecule has 1 aliphatic carbocycles. The quantitative estimate of drug-likeness (QED) is 0.412. The molecule has 1 amide bonds. The molecule has 0 bridgehead atoms. The predicted molar refractivity (Wildman–Crippen MR) is 125 cm³/mol. The van der Waals surface area contributed by atoms with Crippen LogP contribution < -0.4 is 0 Å². The molecule has 2 aromatic heterocycles. The number of nitrogens with zero attached hydrogens (tertiary/aromatic N) is 5. The molecule has 0 unspecified atom stereocenters. The molecule has 3 heterocycles. The molecule has 180 valence electrons. The van der Waals surface area contributed by atoms with Crippen LogP contribution in [-0.4, -0.2) is 36.9 Å². The van der Waals surface area contributed by atoms with Crippen LogP contribution in [0.5, 0.6) is 0 Å². The van der Waals surface area contributed by atoms with Crippen LogP contribution >= 0.6 is 15.9 Å². The highest BCUT2D eigenvalue weighted by Crippen LogP contribution is 2.42. The van der Waals surface area contributed by atoms with Crippen LogP contribution in [0.25, 0.3) is 11.1 Å². The van der Waals surface area contributed by atoms with Crippen molar-refractivity contribution < 1.29 is 18.0 Å². The van der Waals surface area contributed by atoms with E-state index in [1.165, 1.54) is 17.9 Å². The summed E-state index contributed by atoms with van der Waals surface area (Å²) in [6, 6.07) is 5.40. The SMILES string of the molecule is C[C@@H](c1cc(C2CC2)nn1C)N1CCc2c(cc(CBr)cc2-c2cn(C)nc2C(F)(F)F)C1=O. The maximum Gasteiger partial charge on any atom is 0.435 e. The second kappa shape index (κ2) is 8.25. The summed E-state index contributed by atoms with van der Waals surface area (Å²) in [6.07, 6.45) is -0.458. The fourth-order valence-electron chi connectivity index (χ4n) is 4.90. The Morgan fingerprint density at radius 3 is 2.47 bits per heavy atom. The standard InChI is InChI=1S/C24H25BrF3N5O/c1-13(21-10-20(15-4-5-15)29-32(21)3)33-7-6-16-17(8-14(11-25)9-18(16)23(33)34)19-12-31(2)30-22(19)24(26,27)28/h8-10,12-13,15H,4-7,11H2,1-3H3/t13-/m0/s1. The first-order valence-corrected chi connectivity index (χ1v) is 12.4. The number of alkyl halides is 4. The lowest BCUT2D eigenvalue weighted by Crippen LogP contribution is -2.40. The van der Waals surface area contributed by atoms with Gasteiger partial charge in [-0.2, -0.15) is 23.4 Å². The Morgan fingerprint density at radius 1 is 1.12 bits per heavy atom. The van der Waals surface area contributed by atoms with E-state index in [0.717, 1.165) is 29.8 Å². The summed E-state index contributed by atoms with van der Waals surface area (Å²) in [5.41, 5.74) is 3.34. The van der Waals surface area contributed by atoms with Gasteiger partial charge in [0.25, 0.3) is 5.91 Å². The Kier molecular flexibility index (Phi) is 5.61. The minimum absolute atomic E-state index is 0.00376. The van der Waals surface area contributed by atoms with Crippen molar-refractivity contribution in [1.29, 1.82) is 0 Å². The van der Waals surface area contributed by atoms with Crippen molar-refractivity contribution in [3.63, 3.8) is 0 Å². The third-order valence-electron chi connectivity index (χ3n) is 6.77. The molecule has 0 radical (unpaired) electrons. The van der Waals surface area contributed by atoms with Gasteiger partial charge in [0.15, 0.2) is 5.69 Å². The molecular formula is C24H25BrF3N5O. The Balaban J connectivity index is 1.56. The number of aryl methyl sites for hydroxylation is 2. The van der Waals surface area contributed by atoms with E-state index in [4.69, 9.17) is 0 Å². The number of hydrogen-bond donors (Lipinski definition) is 0. The maximum atomic E-state index is 13.7. The molecule has 0 spiro atoms. The van der Waals surface area contributed by atoms with Crippen LogP contribution in [-0.2, 0) is 32.0 Å². The summed E-state index contributed by atoms with van der Waals surface area (Å²) < 4.78 is 44.2. The second-order valence-electron chi connectivity index (χ2n) is 9.18. The molecule has 34 heavy (non-hydrogen) atoms. The van der Waals surface area contributed by atoms with Crippen LogP contribution in [0.1, 0.15) is 70.3 Å². The van der Waals surface area contributed by atoms with Gasteiger partial charge in [0.05, 0.1) is 17.4 Å². The molecule has 0 N–H and O–H groups in total. The van der Waals surface area contributed by atoms with Gasteiger partial charge in [0, 0.05) is 49.2 Å². The lowest BCUT2D eigenvalue weighted by molar-refractivity contribution is -0.140. The van der Waals surface area contributed by atoms with E-state index in [0.29, 0.717) is 40.9 Å². The van der Waals surface area contributed by atoms with Crippen molar-refractivity contribution in [2.45, 2.75) is 49.7 Å². The van der Waals surface area contributed by atoms with Crippen LogP contribution in [0.4, 0.5) is 13.2 Å². The predicted octanol–water partition coefficient (Wildman–Crippen LogP) is 5.37. The largest absolute Gasteiger partial charge is 0.435 e. The highest BCUT2D eigenvalue weighted by molar-refractivity contribution is 9.08. The molecule has 1 aliphatic heterocycles. The van der Waals surface area contributed by atoms with Crippen LogP contribution in [0.15, 0.2) is 24.4 Å². The van der Waals surface area contributed by atoms with Crippen molar-refractivity contribution in [3.8, 4) is 11.1 Å². The maximum absolute atomic E-state index is 13.7. The normalized spacial score (nSPS) is 17.3. The first kappa shape index (κ1) is 23.1. The first-order chi connectivity index (χ1) is 16.1. The van der Waals surface area contributed by atoms with Gasteiger partial charge in [0.1, 0.15) is 0 Å². The van der Waals surface area contributed by atoms with E-state index in [1.54, 1.807) is 17.0 Å². The number of halogens is 4. The minimum atomic E-state index is -4.59. The summed E-state index contributed by atoms with van der Waals surface area (Å²) >= 11 is 3.41. The van der Waals surface area contributed by atoms with Gasteiger partial charge >= 0.3 is 6.18 Å². The average Bonchev–Trinajstić information content (AvgIpc) is 3.45. The van der Waals surface area contributed by atoms with Crippen molar-refractivity contribution >= 4 is 21.8 Å². The second-order valence-corrected chi connectivity index (χ2v) is 9.74. The Morgan fingerprint density at radius 2 is 1.82 bits per heavy atom. The number of amides is 1. The van der Waals surface area contributed by atoms with Crippen molar-refractivity contribution in [2.75, 3.05) is 6.54 Å². The third kappa shape index (κ3) is 3.95. The highest BCUT2D eigenvalue weighted by atomic mass is 79.9. The van der Waals surface area contributed by atoms with Crippen molar-refractivity contribution in [3.05, 3.63) is 58.2 Å². The highest BCUT2D eigenvalue weighted by Gasteiger charge is 2.39. The number of carbonyl (C=O) groups is 1. The van der Waals surface area contributed by atoms with Gasteiger partial charge in [-0.05, 0) is 61.1 Å². The van der Waals surface area contributed by atoms with E-state index in [-0.39, 0.29) is 17.5 Å². The van der Waals surface area contributed by atoms with Gasteiger partial charge in [-0.3, -0.25) is 14.2 Å². The number of hydrogen-bond acceptors (Lipinski definition) is 3. The number of rotatable bonds is 5. The van der Waals surface area contributed by atoms with Gasteiger partial charge in [-0.25, -0.2) is 0 Å². The molecule has 0 saturated heterocycles. The fraction of sp³-hybridized carbons (Fsp3) is 0.458. The zero-order valence-electron chi connectivity index (χ0n) is 19.2. The summed E-state index contributed by atoms with van der Waals surface area (Å²) in [4.78, 5) is 15.5. The Labute approximate surface area is 203 Å². The molecule has 1 saturated carbocycles. The summed E-state index contributed by atoms with van der Waals surface area (Å²) in [7, 11) is 3.36. The van der Waals surface area contributed by atoms with Gasteiger partial charge < -0.3 is 4.90 Å². The van der Waals surface area contributed by atoms with E-state index in [2.05, 4.69) is 32.2 Å². The fourth-order valence-corrected chi connectivity index (χ4v) is 5.22. The van der Waals surface area contributed by atoms with Gasteiger partial charge in [0.2, 0.25) is 0 Å². The van der Waals surface area contributed by atoms with Crippen LogP contribution in [0.3, 0.4) is 0 Å². The van der Waals surface area contributed by atoms with Gasteiger partial charge in [-0.15, -0.1) is 0 Å². The van der Waals surface area contributed by atoms with E-state index >= 15 is 0 Å². The monoisotopic (exact) mass is 535 g/mol. The molecule has 1 aromatic carbocycles. The average molecular weight is 536 g/mol. The van der Waals surface area contributed by atoms with E-state index in [9.17, 15) is 18.0 Å². The molecule has 5 rings (SSSR count). The van der Waals surface area contributed by atoms with Crippen molar-refractivity contribution in [2.24, 2.45) is 14.1 Å². The van der Waals surface area contributed by atoms with E-state index < -0.39 is 11.9 Å².